The fourth-order valence-corrected chi connectivity index (χ4v) is 4.76. The Morgan fingerprint density at radius 2 is 1.74 bits per heavy atom. The Morgan fingerprint density at radius 1 is 1.04 bits per heavy atom. The van der Waals surface area contributed by atoms with Crippen molar-refractivity contribution in [2.24, 2.45) is 0 Å². The lowest BCUT2D eigenvalue weighted by Crippen LogP contribution is -2.50. The van der Waals surface area contributed by atoms with Gasteiger partial charge in [-0.15, -0.1) is 0 Å². The molecule has 0 radical (unpaired) electrons. The van der Waals surface area contributed by atoms with Gasteiger partial charge in [0.15, 0.2) is 5.70 Å². The summed E-state index contributed by atoms with van der Waals surface area (Å²) in [5.41, 5.74) is 0.0430. The number of fused-ring (bicyclic) bond motifs is 2. The third kappa shape index (κ3) is 2.75. The van der Waals surface area contributed by atoms with Crippen molar-refractivity contribution < 1.29 is 26.3 Å². The highest BCUT2D eigenvalue weighted by molar-refractivity contribution is 9.18. The molecule has 11 heteroatoms. The van der Waals surface area contributed by atoms with E-state index in [2.05, 4.69) is 31.9 Å². The van der Waals surface area contributed by atoms with E-state index in [-0.39, 0.29) is 20.6 Å². The molecule has 0 unspecified atom stereocenters. The average molecular weight is 528 g/mol. The second-order valence-corrected chi connectivity index (χ2v) is 8.01. The number of aromatic nitrogens is 1. The van der Waals surface area contributed by atoms with Crippen LogP contribution in [0.4, 0.5) is 21.8 Å². The molecular weight excluding hydrogens is 521 g/mol. The monoisotopic (exact) mass is 526 g/mol. The molecule has 2 nitrogen and oxygen atoms in total. The van der Waals surface area contributed by atoms with Crippen molar-refractivity contribution in [2.45, 2.75) is 6.18 Å². The second kappa shape index (κ2) is 6.05. The number of alkyl halides is 3. The van der Waals surface area contributed by atoms with Crippen molar-refractivity contribution in [1.82, 2.24) is 4.48 Å². The summed E-state index contributed by atoms with van der Waals surface area (Å²) >= 11 is 12.1. The van der Waals surface area contributed by atoms with Gasteiger partial charge in [0.1, 0.15) is 0 Å². The molecule has 0 atom stereocenters. The summed E-state index contributed by atoms with van der Waals surface area (Å²) in [5, 5.41) is -0.496. The largest absolute Gasteiger partial charge is 0.738 e. The van der Waals surface area contributed by atoms with Gasteiger partial charge in [0.25, 0.3) is 0 Å². The number of hydrogen-bond donors (Lipinski definition) is 0. The van der Waals surface area contributed by atoms with E-state index in [4.69, 9.17) is 11.6 Å². The van der Waals surface area contributed by atoms with Crippen molar-refractivity contribution in [3.05, 3.63) is 74.6 Å². The number of rotatable bonds is 1. The number of hydrogen-bond acceptors (Lipinski definition) is 0. The molecule has 2 aromatic rings. The quantitative estimate of drug-likeness (QED) is 0.304. The van der Waals surface area contributed by atoms with E-state index in [1.165, 1.54) is 30.4 Å². The Hall–Kier alpha value is -1.39. The van der Waals surface area contributed by atoms with Gasteiger partial charge in [0.05, 0.1) is 20.8 Å². The van der Waals surface area contributed by atoms with Crippen LogP contribution in [0.15, 0.2) is 52.8 Å². The molecule has 0 aliphatic carbocycles. The summed E-state index contributed by atoms with van der Waals surface area (Å²) in [6, 6.07) is 6.19. The summed E-state index contributed by atoms with van der Waals surface area (Å²) in [7, 11) is 0. The fourth-order valence-electron chi connectivity index (χ4n) is 3.33. The Kier molecular flexibility index (Phi) is 4.25. The van der Waals surface area contributed by atoms with Crippen molar-refractivity contribution in [3.63, 3.8) is 0 Å². The van der Waals surface area contributed by atoms with Crippen LogP contribution < -0.4 is 0 Å². The number of halogens is 8. The molecule has 0 N–H and O–H groups in total. The molecule has 2 aliphatic rings. The van der Waals surface area contributed by atoms with Gasteiger partial charge in [-0.1, -0.05) is 17.7 Å². The van der Waals surface area contributed by atoms with E-state index in [0.29, 0.717) is 11.1 Å². The first-order valence-corrected chi connectivity index (χ1v) is 9.50. The van der Waals surface area contributed by atoms with E-state index in [1.807, 2.05) is 0 Å². The highest BCUT2D eigenvalue weighted by Gasteiger charge is 2.54. The van der Waals surface area contributed by atoms with Crippen molar-refractivity contribution in [1.29, 1.82) is 0 Å². The van der Waals surface area contributed by atoms with E-state index in [1.54, 1.807) is 0 Å². The van der Waals surface area contributed by atoms with Crippen LogP contribution in [-0.4, -0.2) is 20.6 Å². The van der Waals surface area contributed by atoms with Crippen LogP contribution in [-0.2, 0) is 6.18 Å². The molecule has 0 saturated carbocycles. The molecule has 0 bridgehead atoms. The SMILES string of the molecule is F[B-]1(F)n2c(Br)ccc2C(c2ccc(C(F)(F)F)c(Cl)c2)=C2C=CC(Br)=[N+]21. The summed E-state index contributed by atoms with van der Waals surface area (Å²) in [5.74, 6) is 0. The lowest BCUT2D eigenvalue weighted by atomic mass is 9.86. The third-order valence-corrected chi connectivity index (χ3v) is 6.04. The summed E-state index contributed by atoms with van der Waals surface area (Å²) in [6.07, 6.45) is -1.64. The van der Waals surface area contributed by atoms with Gasteiger partial charge in [-0.25, -0.2) is 0 Å². The molecule has 2 aliphatic heterocycles. The summed E-state index contributed by atoms with van der Waals surface area (Å²) in [6.45, 7) is -4.20. The van der Waals surface area contributed by atoms with Gasteiger partial charge in [0.2, 0.25) is 4.62 Å². The Labute approximate surface area is 171 Å². The molecule has 1 aromatic heterocycles. The van der Waals surface area contributed by atoms with Crippen LogP contribution in [0.3, 0.4) is 0 Å². The number of nitrogens with zero attached hydrogens (tertiary/aromatic N) is 2. The van der Waals surface area contributed by atoms with Gasteiger partial charge in [-0.2, -0.15) is 13.2 Å². The highest BCUT2D eigenvalue weighted by atomic mass is 79.9. The van der Waals surface area contributed by atoms with Gasteiger partial charge in [-0.3, -0.25) is 0 Å². The third-order valence-electron chi connectivity index (χ3n) is 4.43. The Balaban J connectivity index is 2.02. The molecule has 4 rings (SSSR count). The number of allylic oxidation sites excluding steroid dienone is 2. The predicted molar refractivity (Wildman–Crippen MR) is 101 cm³/mol. The molecule has 0 saturated heterocycles. The van der Waals surface area contributed by atoms with Crippen molar-refractivity contribution in [2.75, 3.05) is 0 Å². The summed E-state index contributed by atoms with van der Waals surface area (Å²) in [4.78, 5) is 0. The smallest absolute Gasteiger partial charge is 0.389 e. The van der Waals surface area contributed by atoms with Crippen LogP contribution in [0, 0.1) is 0 Å². The van der Waals surface area contributed by atoms with Gasteiger partial charge in [0, 0.05) is 33.8 Å². The second-order valence-electron chi connectivity index (χ2n) is 5.98. The zero-order valence-corrected chi connectivity index (χ0v) is 17.0. The minimum atomic E-state index is -4.60. The Bertz CT molecular complexity index is 1080. The van der Waals surface area contributed by atoms with Crippen LogP contribution in [0.2, 0.25) is 5.02 Å². The maximum Gasteiger partial charge on any atom is 0.738 e. The van der Waals surface area contributed by atoms with Crippen molar-refractivity contribution in [3.8, 4) is 0 Å². The first-order valence-electron chi connectivity index (χ1n) is 7.54. The van der Waals surface area contributed by atoms with Crippen LogP contribution in [0.1, 0.15) is 16.8 Å². The normalized spacial score (nSPS) is 18.2. The number of benzene rings is 1. The lowest BCUT2D eigenvalue weighted by molar-refractivity contribution is -0.358. The fraction of sp³-hybridized carbons (Fsp3) is 0.0625. The van der Waals surface area contributed by atoms with Gasteiger partial charge in [-0.05, 0) is 45.8 Å². The Morgan fingerprint density at radius 3 is 2.37 bits per heavy atom. The van der Waals surface area contributed by atoms with Gasteiger partial charge >= 0.3 is 13.1 Å². The molecule has 1 aromatic carbocycles. The summed E-state index contributed by atoms with van der Waals surface area (Å²) < 4.78 is 71.2. The maximum absolute atomic E-state index is 15.1. The van der Waals surface area contributed by atoms with Gasteiger partial charge < -0.3 is 17.6 Å². The maximum atomic E-state index is 15.1. The molecule has 0 spiro atoms. The molecule has 0 amide bonds. The molecular formula is C16H7BBr2ClF5N2. The topological polar surface area (TPSA) is 7.94 Å². The molecule has 3 heterocycles. The van der Waals surface area contributed by atoms with E-state index in [0.717, 1.165) is 21.1 Å². The van der Waals surface area contributed by atoms with E-state index < -0.39 is 23.7 Å². The predicted octanol–water partition coefficient (Wildman–Crippen LogP) is 6.29. The zero-order valence-electron chi connectivity index (χ0n) is 13.0. The highest BCUT2D eigenvalue weighted by Crippen LogP contribution is 2.43. The van der Waals surface area contributed by atoms with Crippen LogP contribution in [0.25, 0.3) is 5.57 Å². The van der Waals surface area contributed by atoms with Crippen LogP contribution >= 0.6 is 43.5 Å². The molecule has 0 fully saturated rings. The first kappa shape index (κ1) is 19.0. The van der Waals surface area contributed by atoms with Crippen LogP contribution in [0.5, 0.6) is 0 Å². The molecule has 27 heavy (non-hydrogen) atoms. The zero-order chi connectivity index (χ0) is 19.7. The average Bonchev–Trinajstić information content (AvgIpc) is 3.11. The molecule has 140 valence electrons. The van der Waals surface area contributed by atoms with E-state index >= 15 is 8.63 Å². The minimum Gasteiger partial charge on any atom is -0.389 e. The van der Waals surface area contributed by atoms with Crippen molar-refractivity contribution >= 4 is 60.6 Å². The minimum absolute atomic E-state index is 0.157. The lowest BCUT2D eigenvalue weighted by Gasteiger charge is -2.32. The van der Waals surface area contributed by atoms with E-state index in [9.17, 15) is 13.2 Å². The first-order chi connectivity index (χ1) is 12.5. The standard InChI is InChI=1S/C16H7BBr2ClF5N2/c18-13-5-3-11-15(8-1-2-9(10(20)7-8)16(21,22)23)12-4-6-14(19)27(12)17(24,25)26(11)13/h1-7H.